The first-order chi connectivity index (χ1) is 8.62. The van der Waals surface area contributed by atoms with E-state index in [2.05, 4.69) is 0 Å². The third kappa shape index (κ3) is 1.79. The van der Waals surface area contributed by atoms with Crippen LogP contribution in [0.4, 0.5) is 0 Å². The predicted molar refractivity (Wildman–Crippen MR) is 74.5 cm³/mol. The zero-order valence-electron chi connectivity index (χ0n) is 9.55. The minimum atomic E-state index is -0.833. The summed E-state index contributed by atoms with van der Waals surface area (Å²) in [5.41, 5.74) is 1.92. The van der Waals surface area contributed by atoms with Gasteiger partial charge in [-0.1, -0.05) is 48.5 Å². The molecule has 0 aliphatic heterocycles. The lowest BCUT2D eigenvalue weighted by Gasteiger charge is -2.03. The molecule has 18 heavy (non-hydrogen) atoms. The fourth-order valence-electron chi connectivity index (χ4n) is 2.54. The van der Waals surface area contributed by atoms with Crippen LogP contribution in [-0.4, -0.2) is 9.44 Å². The molecule has 2 aromatic carbocycles. The monoisotopic (exact) mass is 278 g/mol. The minimum absolute atomic E-state index is 0.0373. The van der Waals surface area contributed by atoms with Gasteiger partial charge in [0.25, 0.3) is 0 Å². The fourth-order valence-corrected chi connectivity index (χ4v) is 3.40. The van der Waals surface area contributed by atoms with Crippen LogP contribution >= 0.6 is 23.2 Å². The first-order valence-corrected chi connectivity index (χ1v) is 6.58. The third-order valence-electron chi connectivity index (χ3n) is 3.48. The van der Waals surface area contributed by atoms with Gasteiger partial charge in [0.2, 0.25) is 0 Å². The van der Waals surface area contributed by atoms with Crippen LogP contribution in [-0.2, 0) is 0 Å². The van der Waals surface area contributed by atoms with E-state index in [1.807, 2.05) is 42.5 Å². The number of rotatable bonds is 2. The molecule has 3 heteroatoms. The van der Waals surface area contributed by atoms with E-state index in [-0.39, 0.29) is 17.6 Å². The van der Waals surface area contributed by atoms with Crippen LogP contribution in [0.25, 0.3) is 0 Å². The van der Waals surface area contributed by atoms with E-state index in [1.54, 1.807) is 12.1 Å². The Bertz CT molecular complexity index is 566. The fraction of sp³-hybridized carbons (Fsp3) is 0.200. The molecule has 0 saturated heterocycles. The molecule has 2 unspecified atom stereocenters. The smallest absolute Gasteiger partial charge is 0.133 e. The van der Waals surface area contributed by atoms with Gasteiger partial charge in [0.15, 0.2) is 0 Å². The van der Waals surface area contributed by atoms with Gasteiger partial charge in [-0.15, -0.1) is 23.2 Å². The van der Waals surface area contributed by atoms with Crippen molar-refractivity contribution in [1.29, 1.82) is 0 Å². The summed E-state index contributed by atoms with van der Waals surface area (Å²) in [6, 6.07) is 17.2. The van der Waals surface area contributed by atoms with E-state index < -0.39 is 4.33 Å². The van der Waals surface area contributed by atoms with Gasteiger partial charge in [-0.25, -0.2) is 0 Å². The molecule has 2 atom stereocenters. The Morgan fingerprint density at radius 3 is 2.11 bits per heavy atom. The average Bonchev–Trinajstić information content (AvgIpc) is 2.94. The van der Waals surface area contributed by atoms with Gasteiger partial charge < -0.3 is 5.11 Å². The molecule has 2 aromatic rings. The van der Waals surface area contributed by atoms with Crippen molar-refractivity contribution in [2.45, 2.75) is 16.2 Å². The number of hydrogen-bond acceptors (Lipinski definition) is 1. The SMILES string of the molecule is Oc1ccccc1C1C(c2ccccc2)C1(Cl)Cl. The predicted octanol–water partition coefficient (Wildman–Crippen LogP) is 4.45. The zero-order valence-corrected chi connectivity index (χ0v) is 11.1. The number of hydrogen-bond donors (Lipinski definition) is 1. The summed E-state index contributed by atoms with van der Waals surface area (Å²) in [4.78, 5) is 0. The molecule has 1 nitrogen and oxygen atoms in total. The summed E-state index contributed by atoms with van der Waals surface area (Å²) in [7, 11) is 0. The third-order valence-corrected chi connectivity index (χ3v) is 4.42. The Kier molecular flexibility index (Phi) is 2.76. The molecule has 3 rings (SSSR count). The van der Waals surface area contributed by atoms with E-state index in [0.29, 0.717) is 0 Å². The van der Waals surface area contributed by atoms with Crippen LogP contribution in [0.15, 0.2) is 54.6 Å². The summed E-state index contributed by atoms with van der Waals surface area (Å²) < 4.78 is -0.833. The van der Waals surface area contributed by atoms with E-state index in [9.17, 15) is 5.11 Å². The molecule has 92 valence electrons. The molecule has 0 heterocycles. The maximum Gasteiger partial charge on any atom is 0.133 e. The highest BCUT2D eigenvalue weighted by Gasteiger charge is 2.64. The number of halogens is 2. The second-order valence-electron chi connectivity index (χ2n) is 4.60. The highest BCUT2D eigenvalue weighted by molar-refractivity contribution is 6.52. The number of para-hydroxylation sites is 1. The van der Waals surface area contributed by atoms with Gasteiger partial charge in [-0.2, -0.15) is 0 Å². The van der Waals surface area contributed by atoms with Gasteiger partial charge in [-0.05, 0) is 11.6 Å². The Morgan fingerprint density at radius 1 is 0.833 bits per heavy atom. The van der Waals surface area contributed by atoms with Crippen LogP contribution in [0, 0.1) is 0 Å². The van der Waals surface area contributed by atoms with Crippen molar-refractivity contribution in [2.75, 3.05) is 0 Å². The lowest BCUT2D eigenvalue weighted by atomic mass is 10.0. The molecule has 0 spiro atoms. The quantitative estimate of drug-likeness (QED) is 0.805. The van der Waals surface area contributed by atoms with Gasteiger partial charge in [0.1, 0.15) is 10.1 Å². The van der Waals surface area contributed by atoms with Crippen molar-refractivity contribution in [1.82, 2.24) is 0 Å². The average molecular weight is 279 g/mol. The van der Waals surface area contributed by atoms with Gasteiger partial charge >= 0.3 is 0 Å². The molecular weight excluding hydrogens is 267 g/mol. The second kappa shape index (κ2) is 4.18. The normalized spacial score (nSPS) is 24.8. The summed E-state index contributed by atoms with van der Waals surface area (Å²) in [6.07, 6.45) is 0. The Hall–Kier alpha value is -1.18. The Morgan fingerprint density at radius 2 is 1.44 bits per heavy atom. The molecular formula is C15H12Cl2O. The van der Waals surface area contributed by atoms with Crippen LogP contribution in [0.5, 0.6) is 5.75 Å². The van der Waals surface area contributed by atoms with Crippen LogP contribution in [0.2, 0.25) is 0 Å². The topological polar surface area (TPSA) is 20.2 Å². The van der Waals surface area contributed by atoms with Gasteiger partial charge in [0.05, 0.1) is 0 Å². The first kappa shape index (κ1) is 11.9. The Labute approximate surface area is 116 Å². The summed E-state index contributed by atoms with van der Waals surface area (Å²) in [6.45, 7) is 0. The number of alkyl halides is 2. The van der Waals surface area contributed by atoms with Crippen molar-refractivity contribution < 1.29 is 5.11 Å². The largest absolute Gasteiger partial charge is 0.508 e. The van der Waals surface area contributed by atoms with Crippen molar-refractivity contribution in [3.8, 4) is 5.75 Å². The van der Waals surface area contributed by atoms with Gasteiger partial charge in [0, 0.05) is 17.4 Å². The summed E-state index contributed by atoms with van der Waals surface area (Å²) in [5, 5.41) is 9.90. The van der Waals surface area contributed by atoms with Crippen molar-refractivity contribution >= 4 is 23.2 Å². The van der Waals surface area contributed by atoms with Crippen LogP contribution in [0.1, 0.15) is 23.0 Å². The van der Waals surface area contributed by atoms with E-state index >= 15 is 0 Å². The molecule has 0 radical (unpaired) electrons. The second-order valence-corrected chi connectivity index (χ2v) is 6.04. The van der Waals surface area contributed by atoms with Crippen molar-refractivity contribution in [2.24, 2.45) is 0 Å². The summed E-state index contributed by atoms with van der Waals surface area (Å²) in [5.74, 6) is 0.242. The lowest BCUT2D eigenvalue weighted by Crippen LogP contribution is -1.90. The molecule has 1 aliphatic rings. The zero-order chi connectivity index (χ0) is 12.8. The molecule has 1 N–H and O–H groups in total. The van der Waals surface area contributed by atoms with Crippen molar-refractivity contribution in [3.63, 3.8) is 0 Å². The van der Waals surface area contributed by atoms with E-state index in [0.717, 1.165) is 11.1 Å². The number of phenols is 1. The van der Waals surface area contributed by atoms with Gasteiger partial charge in [-0.3, -0.25) is 0 Å². The standard InChI is InChI=1S/C15H12Cl2O/c16-15(17)13(10-6-2-1-3-7-10)14(15)11-8-4-5-9-12(11)18/h1-9,13-14,18H. The van der Waals surface area contributed by atoms with E-state index in [4.69, 9.17) is 23.2 Å². The lowest BCUT2D eigenvalue weighted by molar-refractivity contribution is 0.468. The molecule has 1 saturated carbocycles. The molecule has 0 amide bonds. The van der Waals surface area contributed by atoms with Crippen molar-refractivity contribution in [3.05, 3.63) is 65.7 Å². The number of phenolic OH excluding ortho intramolecular Hbond substituents is 1. The highest BCUT2D eigenvalue weighted by Crippen LogP contribution is 2.70. The Balaban J connectivity index is 1.99. The molecule has 1 fully saturated rings. The highest BCUT2D eigenvalue weighted by atomic mass is 35.5. The number of aromatic hydroxyl groups is 1. The first-order valence-electron chi connectivity index (χ1n) is 5.83. The molecule has 0 aromatic heterocycles. The summed E-state index contributed by atoms with van der Waals surface area (Å²) >= 11 is 12.7. The maximum absolute atomic E-state index is 9.90. The van der Waals surface area contributed by atoms with Crippen LogP contribution < -0.4 is 0 Å². The van der Waals surface area contributed by atoms with Crippen LogP contribution in [0.3, 0.4) is 0 Å². The number of benzene rings is 2. The van der Waals surface area contributed by atoms with E-state index in [1.165, 1.54) is 0 Å². The minimum Gasteiger partial charge on any atom is -0.508 e. The molecule has 0 bridgehead atoms. The maximum atomic E-state index is 9.90. The molecule has 1 aliphatic carbocycles.